The van der Waals surface area contributed by atoms with Gasteiger partial charge in [0.2, 0.25) is 0 Å². The van der Waals surface area contributed by atoms with Gasteiger partial charge in [0.05, 0.1) is 23.8 Å². The fourth-order valence-electron chi connectivity index (χ4n) is 2.69. The molecule has 0 atom stereocenters. The minimum absolute atomic E-state index is 0.0217. The van der Waals surface area contributed by atoms with Crippen LogP contribution in [0, 0.1) is 0 Å². The molecule has 7 heteroatoms. The molecule has 0 fully saturated rings. The van der Waals surface area contributed by atoms with Crippen LogP contribution < -0.4 is 10.3 Å². The molecular weight excluding hydrogens is 364 g/mol. The zero-order chi connectivity index (χ0) is 19.2. The number of Topliss-reactive ketones (excluding diaryl/α,β-unsaturated/α-hetero) is 1. The van der Waals surface area contributed by atoms with Gasteiger partial charge >= 0.3 is 0 Å². The quantitative estimate of drug-likeness (QED) is 0.365. The number of ether oxygens (including phenoxy) is 1. The molecule has 1 N–H and O–H groups in total. The highest BCUT2D eigenvalue weighted by Gasteiger charge is 2.14. The molecule has 1 aromatic heterocycles. The Kier molecular flexibility index (Phi) is 6.26. The fourth-order valence-corrected chi connectivity index (χ4v) is 3.61. The number of aromatic nitrogens is 2. The van der Waals surface area contributed by atoms with Gasteiger partial charge in [-0.25, -0.2) is 4.98 Å². The van der Waals surface area contributed by atoms with Crippen molar-refractivity contribution in [2.45, 2.75) is 18.1 Å². The number of thioether (sulfide) groups is 1. The Morgan fingerprint density at radius 1 is 1.22 bits per heavy atom. The predicted octanol–water partition coefficient (Wildman–Crippen LogP) is 2.76. The monoisotopic (exact) mass is 384 g/mol. The maximum atomic E-state index is 12.8. The summed E-state index contributed by atoms with van der Waals surface area (Å²) in [7, 11) is 1.55. The number of fused-ring (bicyclic) bond motifs is 1. The van der Waals surface area contributed by atoms with E-state index in [1.807, 2.05) is 6.07 Å². The lowest BCUT2D eigenvalue weighted by molar-refractivity contribution is 0.102. The van der Waals surface area contributed by atoms with Gasteiger partial charge in [-0.05, 0) is 30.7 Å². The van der Waals surface area contributed by atoms with E-state index in [-0.39, 0.29) is 23.7 Å². The van der Waals surface area contributed by atoms with Crippen molar-refractivity contribution in [3.63, 3.8) is 0 Å². The first-order valence-corrected chi connectivity index (χ1v) is 9.53. The number of aliphatic hydroxyl groups is 1. The van der Waals surface area contributed by atoms with Crippen LogP contribution in [0.15, 0.2) is 58.5 Å². The molecule has 0 spiro atoms. The van der Waals surface area contributed by atoms with Gasteiger partial charge in [0.15, 0.2) is 10.9 Å². The number of para-hydroxylation sites is 1. The van der Waals surface area contributed by atoms with E-state index >= 15 is 0 Å². The normalized spacial score (nSPS) is 10.9. The molecule has 0 bridgehead atoms. The lowest BCUT2D eigenvalue weighted by atomic mass is 10.1. The van der Waals surface area contributed by atoms with E-state index in [9.17, 15) is 9.59 Å². The van der Waals surface area contributed by atoms with E-state index in [0.717, 1.165) is 0 Å². The first-order valence-electron chi connectivity index (χ1n) is 8.54. The maximum Gasteiger partial charge on any atom is 0.262 e. The average molecular weight is 384 g/mol. The Morgan fingerprint density at radius 2 is 2.04 bits per heavy atom. The Hall–Kier alpha value is -2.64. The van der Waals surface area contributed by atoms with Crippen LogP contribution in [0.4, 0.5) is 0 Å². The van der Waals surface area contributed by atoms with Gasteiger partial charge in [-0.3, -0.25) is 14.2 Å². The van der Waals surface area contributed by atoms with Gasteiger partial charge in [0.25, 0.3) is 5.56 Å². The molecule has 2 aromatic carbocycles. The molecule has 27 heavy (non-hydrogen) atoms. The van der Waals surface area contributed by atoms with Gasteiger partial charge in [0.1, 0.15) is 5.75 Å². The van der Waals surface area contributed by atoms with Gasteiger partial charge in [-0.1, -0.05) is 36.0 Å². The zero-order valence-electron chi connectivity index (χ0n) is 14.9. The molecule has 3 aromatic rings. The summed E-state index contributed by atoms with van der Waals surface area (Å²) in [5, 5.41) is 10.1. The second-order valence-corrected chi connectivity index (χ2v) is 6.83. The molecule has 0 saturated carbocycles. The molecule has 0 saturated heterocycles. The number of nitrogens with zero attached hydrogens (tertiary/aromatic N) is 2. The summed E-state index contributed by atoms with van der Waals surface area (Å²) in [5.74, 6) is 0.696. The smallest absolute Gasteiger partial charge is 0.262 e. The third-order valence-electron chi connectivity index (χ3n) is 4.09. The number of carbonyl (C=O) groups excluding carboxylic acids is 1. The second kappa shape index (κ2) is 8.83. The largest absolute Gasteiger partial charge is 0.497 e. The van der Waals surface area contributed by atoms with E-state index in [1.165, 1.54) is 16.3 Å². The summed E-state index contributed by atoms with van der Waals surface area (Å²) in [6, 6.07) is 14.1. The molecule has 0 amide bonds. The summed E-state index contributed by atoms with van der Waals surface area (Å²) in [5.41, 5.74) is 0.983. The van der Waals surface area contributed by atoms with Crippen molar-refractivity contribution in [3.05, 3.63) is 64.4 Å². The number of rotatable bonds is 8. The Bertz CT molecular complexity index is 1020. The van der Waals surface area contributed by atoms with Crippen molar-refractivity contribution in [3.8, 4) is 5.75 Å². The molecule has 0 aliphatic heterocycles. The Labute approximate surface area is 160 Å². The SMILES string of the molecule is COc1cccc(C(=O)CSc2nc3ccccc3c(=O)n2CCCO)c1. The Balaban J connectivity index is 1.88. The van der Waals surface area contributed by atoms with Crippen molar-refractivity contribution >= 4 is 28.4 Å². The number of hydrogen-bond acceptors (Lipinski definition) is 6. The predicted molar refractivity (Wildman–Crippen MR) is 106 cm³/mol. The summed E-state index contributed by atoms with van der Waals surface area (Å²) >= 11 is 1.22. The number of aliphatic hydroxyl groups excluding tert-OH is 1. The molecule has 6 nitrogen and oxygen atoms in total. The van der Waals surface area contributed by atoms with Crippen LogP contribution in [-0.2, 0) is 6.54 Å². The standard InChI is InChI=1S/C20H20N2O4S/c1-26-15-7-4-6-14(12-15)18(24)13-27-20-21-17-9-3-2-8-16(17)19(25)22(20)10-5-11-23/h2-4,6-9,12,23H,5,10-11,13H2,1H3. The van der Waals surface area contributed by atoms with Crippen molar-refractivity contribution < 1.29 is 14.6 Å². The van der Waals surface area contributed by atoms with Crippen molar-refractivity contribution in [2.24, 2.45) is 0 Å². The highest BCUT2D eigenvalue weighted by Crippen LogP contribution is 2.21. The van der Waals surface area contributed by atoms with Gasteiger partial charge in [0, 0.05) is 18.7 Å². The van der Waals surface area contributed by atoms with Gasteiger partial charge < -0.3 is 9.84 Å². The van der Waals surface area contributed by atoms with E-state index < -0.39 is 0 Å². The average Bonchev–Trinajstić information content (AvgIpc) is 2.71. The van der Waals surface area contributed by atoms with E-state index in [4.69, 9.17) is 9.84 Å². The number of carbonyl (C=O) groups is 1. The van der Waals surface area contributed by atoms with Crippen LogP contribution in [0.5, 0.6) is 5.75 Å². The lowest BCUT2D eigenvalue weighted by Crippen LogP contribution is -2.24. The minimum Gasteiger partial charge on any atom is -0.497 e. The topological polar surface area (TPSA) is 81.4 Å². The summed E-state index contributed by atoms with van der Waals surface area (Å²) in [6.07, 6.45) is 0.442. The van der Waals surface area contributed by atoms with Crippen LogP contribution in [0.2, 0.25) is 0 Å². The number of benzene rings is 2. The molecule has 0 aliphatic rings. The lowest BCUT2D eigenvalue weighted by Gasteiger charge is -2.12. The second-order valence-electron chi connectivity index (χ2n) is 5.89. The van der Waals surface area contributed by atoms with Crippen LogP contribution in [0.25, 0.3) is 10.9 Å². The zero-order valence-corrected chi connectivity index (χ0v) is 15.7. The Morgan fingerprint density at radius 3 is 2.81 bits per heavy atom. The first kappa shape index (κ1) is 19.1. The molecule has 1 heterocycles. The highest BCUT2D eigenvalue weighted by molar-refractivity contribution is 7.99. The van der Waals surface area contributed by atoms with Crippen molar-refractivity contribution in [1.29, 1.82) is 0 Å². The molecular formula is C20H20N2O4S. The number of methoxy groups -OCH3 is 1. The number of ketones is 1. The van der Waals surface area contributed by atoms with Gasteiger partial charge in [-0.15, -0.1) is 0 Å². The van der Waals surface area contributed by atoms with E-state index in [1.54, 1.807) is 49.6 Å². The van der Waals surface area contributed by atoms with E-state index in [2.05, 4.69) is 4.98 Å². The number of hydrogen-bond donors (Lipinski definition) is 1. The van der Waals surface area contributed by atoms with Crippen molar-refractivity contribution in [2.75, 3.05) is 19.5 Å². The first-order chi connectivity index (χ1) is 13.1. The molecule has 0 unspecified atom stereocenters. The summed E-state index contributed by atoms with van der Waals surface area (Å²) in [6.45, 7) is 0.328. The fraction of sp³-hybridized carbons (Fsp3) is 0.250. The van der Waals surface area contributed by atoms with E-state index in [0.29, 0.717) is 40.3 Å². The van der Waals surface area contributed by atoms with Crippen LogP contribution in [0.1, 0.15) is 16.8 Å². The van der Waals surface area contributed by atoms with Gasteiger partial charge in [-0.2, -0.15) is 0 Å². The molecule has 0 radical (unpaired) electrons. The summed E-state index contributed by atoms with van der Waals surface area (Å²) in [4.78, 5) is 29.9. The van der Waals surface area contributed by atoms with Crippen LogP contribution >= 0.6 is 11.8 Å². The van der Waals surface area contributed by atoms with Crippen LogP contribution in [0.3, 0.4) is 0 Å². The minimum atomic E-state index is -0.162. The molecule has 0 aliphatic carbocycles. The molecule has 3 rings (SSSR count). The van der Waals surface area contributed by atoms with Crippen molar-refractivity contribution in [1.82, 2.24) is 9.55 Å². The third-order valence-corrected chi connectivity index (χ3v) is 5.07. The van der Waals surface area contributed by atoms with Crippen LogP contribution in [-0.4, -0.2) is 39.9 Å². The third kappa shape index (κ3) is 4.37. The highest BCUT2D eigenvalue weighted by atomic mass is 32.2. The summed E-state index contributed by atoms with van der Waals surface area (Å²) < 4.78 is 6.68. The molecule has 140 valence electrons. The maximum absolute atomic E-state index is 12.8.